The van der Waals surface area contributed by atoms with E-state index < -0.39 is 6.04 Å². The number of nitrogens with one attached hydrogen (secondary N) is 1. The fourth-order valence-corrected chi connectivity index (χ4v) is 4.76. The first-order valence-corrected chi connectivity index (χ1v) is 12.4. The van der Waals surface area contributed by atoms with Gasteiger partial charge in [-0.1, -0.05) is 63.3 Å². The zero-order valence-corrected chi connectivity index (χ0v) is 20.5. The first-order valence-electron chi connectivity index (χ1n) is 12.4. The predicted molar refractivity (Wildman–Crippen MR) is 130 cm³/mol. The van der Waals surface area contributed by atoms with Gasteiger partial charge in [-0.05, 0) is 37.2 Å². The van der Waals surface area contributed by atoms with Gasteiger partial charge in [0.15, 0.2) is 0 Å². The molecule has 0 saturated carbocycles. The van der Waals surface area contributed by atoms with Crippen molar-refractivity contribution in [2.24, 2.45) is 17.8 Å². The Morgan fingerprint density at radius 2 is 1.68 bits per heavy atom. The Morgan fingerprint density at radius 3 is 2.24 bits per heavy atom. The molecule has 7 nitrogen and oxygen atoms in total. The van der Waals surface area contributed by atoms with E-state index in [2.05, 4.69) is 5.32 Å². The minimum absolute atomic E-state index is 0.0209. The van der Waals surface area contributed by atoms with E-state index in [9.17, 15) is 19.2 Å². The van der Waals surface area contributed by atoms with Gasteiger partial charge >= 0.3 is 0 Å². The molecule has 0 spiro atoms. The Balaban J connectivity index is 1.69. The van der Waals surface area contributed by atoms with Crippen molar-refractivity contribution in [3.05, 3.63) is 48.0 Å². The van der Waals surface area contributed by atoms with Crippen LogP contribution < -0.4 is 5.32 Å². The molecule has 1 aromatic rings. The van der Waals surface area contributed by atoms with Crippen LogP contribution in [0.1, 0.15) is 52.0 Å². The maximum atomic E-state index is 13.4. The molecule has 1 N–H and O–H groups in total. The highest BCUT2D eigenvalue weighted by molar-refractivity contribution is 6.05. The minimum Gasteiger partial charge on any atom is -0.354 e. The Hall–Kier alpha value is -2.96. The third-order valence-corrected chi connectivity index (χ3v) is 6.70. The highest BCUT2D eigenvalue weighted by Gasteiger charge is 2.47. The first kappa shape index (κ1) is 25.7. The van der Waals surface area contributed by atoms with Crippen LogP contribution in [-0.4, -0.2) is 59.1 Å². The molecule has 0 unspecified atom stereocenters. The lowest BCUT2D eigenvalue weighted by Crippen LogP contribution is -2.51. The molecular formula is C27H37N3O4. The van der Waals surface area contributed by atoms with Crippen LogP contribution in [0.15, 0.2) is 42.5 Å². The van der Waals surface area contributed by atoms with Crippen LogP contribution in [0.3, 0.4) is 0 Å². The van der Waals surface area contributed by atoms with Gasteiger partial charge in [0, 0.05) is 26.1 Å². The molecule has 1 saturated heterocycles. The lowest BCUT2D eigenvalue weighted by atomic mass is 9.85. The van der Waals surface area contributed by atoms with Gasteiger partial charge in [-0.25, -0.2) is 0 Å². The molecule has 7 heteroatoms. The number of rotatable bonds is 11. The van der Waals surface area contributed by atoms with Crippen molar-refractivity contribution < 1.29 is 19.2 Å². The lowest BCUT2D eigenvalue weighted by Gasteiger charge is -2.31. The Labute approximate surface area is 202 Å². The molecule has 1 aliphatic heterocycles. The summed E-state index contributed by atoms with van der Waals surface area (Å²) in [5.74, 6) is -1.02. The summed E-state index contributed by atoms with van der Waals surface area (Å²) >= 11 is 0. The number of fused-ring (bicyclic) bond motifs is 1. The van der Waals surface area contributed by atoms with Gasteiger partial charge in [0.25, 0.3) is 0 Å². The molecule has 0 bridgehead atoms. The Bertz CT molecular complexity index is 886. The van der Waals surface area contributed by atoms with Gasteiger partial charge in [0.1, 0.15) is 6.04 Å². The molecule has 1 heterocycles. The fourth-order valence-electron chi connectivity index (χ4n) is 4.76. The second-order valence-electron chi connectivity index (χ2n) is 9.62. The number of amides is 4. The summed E-state index contributed by atoms with van der Waals surface area (Å²) in [7, 11) is 0. The van der Waals surface area contributed by atoms with Crippen molar-refractivity contribution in [3.8, 4) is 0 Å². The maximum Gasteiger partial charge on any atom is 0.242 e. The van der Waals surface area contributed by atoms with Crippen LogP contribution >= 0.6 is 0 Å². The van der Waals surface area contributed by atoms with E-state index >= 15 is 0 Å². The van der Waals surface area contributed by atoms with E-state index in [0.29, 0.717) is 44.7 Å². The molecule has 34 heavy (non-hydrogen) atoms. The van der Waals surface area contributed by atoms with E-state index in [4.69, 9.17) is 0 Å². The van der Waals surface area contributed by atoms with Crippen molar-refractivity contribution in [2.75, 3.05) is 19.6 Å². The van der Waals surface area contributed by atoms with Crippen molar-refractivity contribution in [1.82, 2.24) is 15.1 Å². The number of nitrogens with zero attached hydrogens (tertiary/aromatic N) is 2. The van der Waals surface area contributed by atoms with Gasteiger partial charge in [-0.3, -0.25) is 24.1 Å². The molecule has 184 valence electrons. The third-order valence-electron chi connectivity index (χ3n) is 6.70. The molecule has 0 aromatic heterocycles. The van der Waals surface area contributed by atoms with Crippen molar-refractivity contribution in [1.29, 1.82) is 0 Å². The van der Waals surface area contributed by atoms with E-state index in [1.165, 1.54) is 4.90 Å². The summed E-state index contributed by atoms with van der Waals surface area (Å²) in [6.45, 7) is 6.95. The average Bonchev–Trinajstić information content (AvgIpc) is 3.08. The highest BCUT2D eigenvalue weighted by Crippen LogP contribution is 2.35. The lowest BCUT2D eigenvalue weighted by molar-refractivity contribution is -0.143. The fraction of sp³-hybridized carbons (Fsp3) is 0.556. The molecule has 0 radical (unpaired) electrons. The number of hydrogen-bond donors (Lipinski definition) is 1. The minimum atomic E-state index is -0.591. The number of carbonyl (C=O) groups excluding carboxylic acids is 4. The molecule has 3 rings (SSSR count). The molecule has 1 aliphatic carbocycles. The Kier molecular flexibility index (Phi) is 9.02. The number of allylic oxidation sites excluding steroid dienone is 2. The van der Waals surface area contributed by atoms with Crippen LogP contribution in [0.25, 0.3) is 0 Å². The van der Waals surface area contributed by atoms with Crippen molar-refractivity contribution >= 4 is 23.6 Å². The van der Waals surface area contributed by atoms with Crippen LogP contribution in [0, 0.1) is 17.8 Å². The van der Waals surface area contributed by atoms with E-state index in [1.54, 1.807) is 4.90 Å². The topological polar surface area (TPSA) is 86.8 Å². The number of hydrogen-bond acceptors (Lipinski definition) is 4. The zero-order valence-electron chi connectivity index (χ0n) is 20.5. The van der Waals surface area contributed by atoms with Crippen LogP contribution in [0.5, 0.6) is 0 Å². The normalized spacial score (nSPS) is 20.4. The van der Waals surface area contributed by atoms with E-state index in [0.717, 1.165) is 5.56 Å². The SMILES string of the molecule is CC[C@@H](C(=O)NCC(C)C)N(CCc1ccccc1)C(=O)CCN1C(=O)[C@H]2CC=CC[C@H]2C1=O. The van der Waals surface area contributed by atoms with Gasteiger partial charge in [0.2, 0.25) is 23.6 Å². The Morgan fingerprint density at radius 1 is 1.06 bits per heavy atom. The van der Waals surface area contributed by atoms with Crippen LogP contribution in [0.2, 0.25) is 0 Å². The smallest absolute Gasteiger partial charge is 0.242 e. The summed E-state index contributed by atoms with van der Waals surface area (Å²) in [6.07, 6.45) is 6.20. The highest BCUT2D eigenvalue weighted by atomic mass is 16.2. The monoisotopic (exact) mass is 467 g/mol. The van der Waals surface area contributed by atoms with Crippen LogP contribution in [0.4, 0.5) is 0 Å². The van der Waals surface area contributed by atoms with Crippen molar-refractivity contribution in [3.63, 3.8) is 0 Å². The summed E-state index contributed by atoms with van der Waals surface area (Å²) in [4.78, 5) is 54.7. The first-order chi connectivity index (χ1) is 16.3. The number of benzene rings is 1. The van der Waals surface area contributed by atoms with Crippen molar-refractivity contribution in [2.45, 2.75) is 58.9 Å². The van der Waals surface area contributed by atoms with Crippen LogP contribution in [-0.2, 0) is 25.6 Å². The molecule has 1 fully saturated rings. The standard InChI is InChI=1S/C27H37N3O4/c1-4-23(25(32)28-18-19(2)3)29(16-14-20-10-6-5-7-11-20)24(31)15-17-30-26(33)21-12-8-9-13-22(21)27(30)34/h5-11,19,21-23H,4,12-18H2,1-3H3,(H,28,32)/t21-,22+,23-/m0/s1. The molecule has 4 amide bonds. The average molecular weight is 468 g/mol. The van der Waals surface area contributed by atoms with Gasteiger partial charge in [0.05, 0.1) is 11.8 Å². The number of imide groups is 1. The third kappa shape index (κ3) is 6.13. The van der Waals surface area contributed by atoms with E-state index in [1.807, 2.05) is 63.3 Å². The second kappa shape index (κ2) is 12.0. The van der Waals surface area contributed by atoms with Gasteiger partial charge in [-0.15, -0.1) is 0 Å². The summed E-state index contributed by atoms with van der Waals surface area (Å²) in [5, 5.41) is 2.95. The maximum absolute atomic E-state index is 13.4. The van der Waals surface area contributed by atoms with Gasteiger partial charge in [-0.2, -0.15) is 0 Å². The van der Waals surface area contributed by atoms with Gasteiger partial charge < -0.3 is 10.2 Å². The second-order valence-corrected chi connectivity index (χ2v) is 9.62. The summed E-state index contributed by atoms with van der Waals surface area (Å²) in [6, 6.07) is 9.25. The number of carbonyl (C=O) groups is 4. The molecule has 2 aliphatic rings. The molecular weight excluding hydrogens is 430 g/mol. The largest absolute Gasteiger partial charge is 0.354 e. The predicted octanol–water partition coefficient (Wildman–Crippen LogP) is 2.95. The zero-order chi connectivity index (χ0) is 24.7. The quantitative estimate of drug-likeness (QED) is 0.400. The summed E-state index contributed by atoms with van der Waals surface area (Å²) in [5.41, 5.74) is 1.08. The van der Waals surface area contributed by atoms with E-state index in [-0.39, 0.29) is 48.4 Å². The summed E-state index contributed by atoms with van der Waals surface area (Å²) < 4.78 is 0. The number of likely N-dealkylation sites (tertiary alicyclic amines) is 1. The molecule has 3 atom stereocenters. The molecule has 1 aromatic carbocycles.